The lowest BCUT2D eigenvalue weighted by atomic mass is 10.1. The van der Waals surface area contributed by atoms with Crippen LogP contribution in [0.1, 0.15) is 26.7 Å². The number of hydrogen-bond donors (Lipinski definition) is 2. The molecule has 0 saturated carbocycles. The fraction of sp³-hybridized carbons (Fsp3) is 0.933. The highest BCUT2D eigenvalue weighted by atomic mass is 16.5. The SMILES string of the molecule is CCC1CN(C(=O)CC2COCCN2)CCN1CC(C)O. The summed E-state index contributed by atoms with van der Waals surface area (Å²) in [5.41, 5.74) is 0. The Bertz CT molecular complexity index is 332. The van der Waals surface area contributed by atoms with Crippen LogP contribution < -0.4 is 5.32 Å². The van der Waals surface area contributed by atoms with Crippen molar-refractivity contribution in [2.45, 2.75) is 44.9 Å². The van der Waals surface area contributed by atoms with Gasteiger partial charge in [0.05, 0.1) is 19.3 Å². The third-order valence-corrected chi connectivity index (χ3v) is 4.35. The molecule has 0 aromatic carbocycles. The minimum absolute atomic E-state index is 0.154. The second kappa shape index (κ2) is 8.08. The summed E-state index contributed by atoms with van der Waals surface area (Å²) >= 11 is 0. The number of amides is 1. The Morgan fingerprint density at radius 1 is 1.48 bits per heavy atom. The summed E-state index contributed by atoms with van der Waals surface area (Å²) in [6, 6.07) is 0.509. The van der Waals surface area contributed by atoms with Gasteiger partial charge in [-0.1, -0.05) is 6.92 Å². The molecule has 2 saturated heterocycles. The highest BCUT2D eigenvalue weighted by Gasteiger charge is 2.30. The maximum absolute atomic E-state index is 12.4. The van der Waals surface area contributed by atoms with Crippen LogP contribution in [0, 0.1) is 0 Å². The number of ether oxygens (including phenoxy) is 1. The molecule has 122 valence electrons. The molecule has 2 aliphatic heterocycles. The average molecular weight is 299 g/mol. The lowest BCUT2D eigenvalue weighted by Crippen LogP contribution is -2.56. The third-order valence-electron chi connectivity index (χ3n) is 4.35. The standard InChI is InChI=1S/C15H29N3O3/c1-3-14-10-18(6-5-17(14)9-12(2)19)15(20)8-13-11-21-7-4-16-13/h12-14,16,19H,3-11H2,1-2H3. The van der Waals surface area contributed by atoms with Crippen molar-refractivity contribution in [3.8, 4) is 0 Å². The summed E-state index contributed by atoms with van der Waals surface area (Å²) < 4.78 is 5.40. The zero-order chi connectivity index (χ0) is 15.2. The first-order valence-electron chi connectivity index (χ1n) is 8.11. The molecule has 3 atom stereocenters. The number of nitrogens with zero attached hydrogens (tertiary/aromatic N) is 2. The zero-order valence-corrected chi connectivity index (χ0v) is 13.3. The van der Waals surface area contributed by atoms with Crippen LogP contribution in [-0.2, 0) is 9.53 Å². The van der Waals surface area contributed by atoms with E-state index in [0.29, 0.717) is 25.6 Å². The second-order valence-electron chi connectivity index (χ2n) is 6.18. The van der Waals surface area contributed by atoms with Gasteiger partial charge >= 0.3 is 0 Å². The predicted molar refractivity (Wildman–Crippen MR) is 81.1 cm³/mol. The van der Waals surface area contributed by atoms with Crippen LogP contribution in [0.25, 0.3) is 0 Å². The van der Waals surface area contributed by atoms with Crippen LogP contribution in [-0.4, -0.2) is 84.9 Å². The first-order chi connectivity index (χ1) is 10.1. The topological polar surface area (TPSA) is 65.0 Å². The molecule has 6 nitrogen and oxygen atoms in total. The Morgan fingerprint density at radius 2 is 2.29 bits per heavy atom. The van der Waals surface area contributed by atoms with E-state index in [2.05, 4.69) is 17.1 Å². The van der Waals surface area contributed by atoms with E-state index in [9.17, 15) is 9.90 Å². The van der Waals surface area contributed by atoms with E-state index in [1.54, 1.807) is 0 Å². The average Bonchev–Trinajstić information content (AvgIpc) is 2.48. The smallest absolute Gasteiger partial charge is 0.224 e. The van der Waals surface area contributed by atoms with Crippen LogP contribution in [0.3, 0.4) is 0 Å². The van der Waals surface area contributed by atoms with Crippen molar-refractivity contribution < 1.29 is 14.6 Å². The molecule has 21 heavy (non-hydrogen) atoms. The molecule has 0 spiro atoms. The number of nitrogens with one attached hydrogen (secondary N) is 1. The molecular weight excluding hydrogens is 270 g/mol. The molecule has 2 aliphatic rings. The van der Waals surface area contributed by atoms with E-state index in [1.165, 1.54) is 0 Å². The third kappa shape index (κ3) is 4.92. The van der Waals surface area contributed by atoms with E-state index >= 15 is 0 Å². The van der Waals surface area contributed by atoms with Gasteiger partial charge in [0.15, 0.2) is 0 Å². The minimum atomic E-state index is -0.315. The lowest BCUT2D eigenvalue weighted by Gasteiger charge is -2.42. The molecule has 3 unspecified atom stereocenters. The predicted octanol–water partition coefficient (Wildman–Crippen LogP) is -0.331. The molecule has 0 radical (unpaired) electrons. The lowest BCUT2D eigenvalue weighted by molar-refractivity contribution is -0.135. The largest absolute Gasteiger partial charge is 0.392 e. The number of aliphatic hydroxyl groups excluding tert-OH is 1. The van der Waals surface area contributed by atoms with Gasteiger partial charge < -0.3 is 20.1 Å². The first kappa shape index (κ1) is 16.7. The van der Waals surface area contributed by atoms with Crippen molar-refractivity contribution in [2.24, 2.45) is 0 Å². The van der Waals surface area contributed by atoms with E-state index in [0.717, 1.165) is 39.2 Å². The summed E-state index contributed by atoms with van der Waals surface area (Å²) in [6.07, 6.45) is 1.21. The van der Waals surface area contributed by atoms with Crippen molar-refractivity contribution in [3.63, 3.8) is 0 Å². The van der Waals surface area contributed by atoms with Crippen molar-refractivity contribution in [3.05, 3.63) is 0 Å². The molecule has 2 rings (SSSR count). The maximum atomic E-state index is 12.4. The highest BCUT2D eigenvalue weighted by Crippen LogP contribution is 2.15. The number of piperazine rings is 1. The summed E-state index contributed by atoms with van der Waals surface area (Å²) in [4.78, 5) is 16.7. The van der Waals surface area contributed by atoms with Crippen molar-refractivity contribution in [1.29, 1.82) is 0 Å². The van der Waals surface area contributed by atoms with Gasteiger partial charge in [-0.3, -0.25) is 9.69 Å². The van der Waals surface area contributed by atoms with Gasteiger partial charge in [0.25, 0.3) is 0 Å². The summed E-state index contributed by atoms with van der Waals surface area (Å²) in [5.74, 6) is 0.216. The Hall–Kier alpha value is -0.690. The second-order valence-corrected chi connectivity index (χ2v) is 6.18. The van der Waals surface area contributed by atoms with E-state index in [-0.39, 0.29) is 18.1 Å². The number of hydrogen-bond acceptors (Lipinski definition) is 5. The number of carbonyl (C=O) groups is 1. The summed E-state index contributed by atoms with van der Waals surface area (Å²) in [5, 5.41) is 12.9. The number of morpholine rings is 1. The van der Waals surface area contributed by atoms with Gasteiger partial charge in [0.2, 0.25) is 5.91 Å². The number of aliphatic hydroxyl groups is 1. The van der Waals surface area contributed by atoms with Gasteiger partial charge in [0.1, 0.15) is 0 Å². The van der Waals surface area contributed by atoms with Gasteiger partial charge in [-0.2, -0.15) is 0 Å². The Balaban J connectivity index is 1.82. The van der Waals surface area contributed by atoms with Gasteiger partial charge in [-0.05, 0) is 13.3 Å². The Kier molecular flexibility index (Phi) is 6.41. The van der Waals surface area contributed by atoms with Crippen molar-refractivity contribution in [1.82, 2.24) is 15.1 Å². The van der Waals surface area contributed by atoms with Gasteiger partial charge in [0, 0.05) is 51.2 Å². The van der Waals surface area contributed by atoms with Crippen LogP contribution in [0.15, 0.2) is 0 Å². The number of β-amino-alcohol motifs (C(OH)–C–C–N with tert-alkyl or cyclic N) is 1. The molecule has 0 aromatic heterocycles. The van der Waals surface area contributed by atoms with E-state index < -0.39 is 0 Å². The normalized spacial score (nSPS) is 29.4. The monoisotopic (exact) mass is 299 g/mol. The number of rotatable bonds is 5. The van der Waals surface area contributed by atoms with E-state index in [1.807, 2.05) is 11.8 Å². The number of carbonyl (C=O) groups excluding carboxylic acids is 1. The fourth-order valence-electron chi connectivity index (χ4n) is 3.18. The quantitative estimate of drug-likeness (QED) is 0.728. The van der Waals surface area contributed by atoms with Crippen molar-refractivity contribution in [2.75, 3.05) is 45.9 Å². The molecular formula is C15H29N3O3. The maximum Gasteiger partial charge on any atom is 0.224 e. The fourth-order valence-corrected chi connectivity index (χ4v) is 3.18. The Morgan fingerprint density at radius 3 is 2.90 bits per heavy atom. The summed E-state index contributed by atoms with van der Waals surface area (Å²) in [7, 11) is 0. The van der Waals surface area contributed by atoms with Crippen LogP contribution in [0.5, 0.6) is 0 Å². The van der Waals surface area contributed by atoms with Crippen LogP contribution >= 0.6 is 0 Å². The van der Waals surface area contributed by atoms with Gasteiger partial charge in [-0.25, -0.2) is 0 Å². The molecule has 0 aromatic rings. The first-order valence-corrected chi connectivity index (χ1v) is 8.11. The van der Waals surface area contributed by atoms with E-state index in [4.69, 9.17) is 4.74 Å². The molecule has 0 aliphatic carbocycles. The molecule has 0 bridgehead atoms. The molecule has 2 fully saturated rings. The summed E-state index contributed by atoms with van der Waals surface area (Å²) in [6.45, 7) is 9.24. The van der Waals surface area contributed by atoms with Crippen LogP contribution in [0.2, 0.25) is 0 Å². The highest BCUT2D eigenvalue weighted by molar-refractivity contribution is 5.77. The molecule has 1 amide bonds. The Labute approximate surface area is 127 Å². The zero-order valence-electron chi connectivity index (χ0n) is 13.3. The van der Waals surface area contributed by atoms with Crippen molar-refractivity contribution >= 4 is 5.91 Å². The molecule has 2 N–H and O–H groups in total. The molecule has 6 heteroatoms. The minimum Gasteiger partial charge on any atom is -0.392 e. The van der Waals surface area contributed by atoms with Gasteiger partial charge in [-0.15, -0.1) is 0 Å². The molecule has 2 heterocycles. The van der Waals surface area contributed by atoms with Crippen LogP contribution in [0.4, 0.5) is 0 Å².